The number of benzene rings is 5. The molecule has 0 saturated carbocycles. The van der Waals surface area contributed by atoms with Crippen LogP contribution in [0.1, 0.15) is 63.7 Å². The molecule has 0 atom stereocenters. The molecule has 5 aromatic rings. The van der Waals surface area contributed by atoms with Crippen LogP contribution in [0.5, 0.6) is 0 Å². The summed E-state index contributed by atoms with van der Waals surface area (Å²) < 4.78 is 0. The maximum Gasteiger partial charge on any atom is 0.159 e. The Hall–Kier alpha value is -4.82. The largest absolute Gasteiger partial charge is 0.298 e. The highest BCUT2D eigenvalue weighted by Gasteiger charge is 1.96. The number of aryl methyl sites for hydroxylation is 2. The van der Waals surface area contributed by atoms with Crippen LogP contribution in [0.25, 0.3) is 12.2 Å². The summed E-state index contributed by atoms with van der Waals surface area (Å²) in [7, 11) is 0. The molecule has 210 valence electrons. The lowest BCUT2D eigenvalue weighted by Gasteiger charge is -1.93. The summed E-state index contributed by atoms with van der Waals surface area (Å²) in [6.45, 7) is 9.66. The van der Waals surface area contributed by atoms with Crippen molar-refractivity contribution in [2.75, 3.05) is 0 Å². The summed E-state index contributed by atoms with van der Waals surface area (Å²) in [6, 6.07) is 47.7. The Labute approximate surface area is 247 Å². The number of carbonyl (C=O) groups excluding carboxylic acids is 2. The Bertz CT molecular complexity index is 1280. The molecular weight excluding hydrogens is 500 g/mol. The molecule has 2 heteroatoms. The number of rotatable bonds is 4. The van der Waals surface area contributed by atoms with E-state index in [4.69, 9.17) is 0 Å². The van der Waals surface area contributed by atoms with Gasteiger partial charge in [-0.25, -0.2) is 0 Å². The van der Waals surface area contributed by atoms with E-state index in [-0.39, 0.29) is 5.78 Å². The van der Waals surface area contributed by atoms with Gasteiger partial charge in [-0.15, -0.1) is 0 Å². The molecule has 0 N–H and O–H groups in total. The van der Waals surface area contributed by atoms with Gasteiger partial charge in [0.05, 0.1) is 0 Å². The molecule has 0 bridgehead atoms. The second kappa shape index (κ2) is 22.0. The number of hydrogen-bond acceptors (Lipinski definition) is 2. The minimum atomic E-state index is 0.0162. The van der Waals surface area contributed by atoms with E-state index < -0.39 is 0 Å². The van der Waals surface area contributed by atoms with Gasteiger partial charge in [-0.05, 0) is 31.9 Å². The van der Waals surface area contributed by atoms with E-state index in [1.165, 1.54) is 29.2 Å². The number of aldehydes is 1. The van der Waals surface area contributed by atoms with Gasteiger partial charge in [-0.2, -0.15) is 0 Å². The van der Waals surface area contributed by atoms with Crippen molar-refractivity contribution < 1.29 is 9.59 Å². The Balaban J connectivity index is 0.000000279. The predicted octanol–water partition coefficient (Wildman–Crippen LogP) is 10.6. The zero-order valence-corrected chi connectivity index (χ0v) is 24.9. The van der Waals surface area contributed by atoms with Crippen LogP contribution in [0.3, 0.4) is 0 Å². The summed E-state index contributed by atoms with van der Waals surface area (Å²) in [5.41, 5.74) is 6.34. The van der Waals surface area contributed by atoms with Crippen molar-refractivity contribution in [2.24, 2.45) is 0 Å². The number of hydrogen-bond donors (Lipinski definition) is 0. The molecule has 41 heavy (non-hydrogen) atoms. The number of Topliss-reactive ketones (excluding diaryl/α,β-unsaturated/α-hetero) is 1. The minimum Gasteiger partial charge on any atom is -0.298 e. The fourth-order valence-electron chi connectivity index (χ4n) is 3.19. The van der Waals surface area contributed by atoms with Crippen LogP contribution < -0.4 is 0 Å². The summed E-state index contributed by atoms with van der Waals surface area (Å²) in [4.78, 5) is 21.0. The molecule has 0 aliphatic carbocycles. The maximum absolute atomic E-state index is 10.8. The van der Waals surface area contributed by atoms with E-state index in [1.54, 1.807) is 24.3 Å². The van der Waals surface area contributed by atoms with Crippen LogP contribution in [-0.4, -0.2) is 12.1 Å². The summed E-state index contributed by atoms with van der Waals surface area (Å²) in [6.07, 6.45) is 4.99. The van der Waals surface area contributed by atoms with Crippen molar-refractivity contribution in [2.45, 2.75) is 34.6 Å². The molecule has 0 radical (unpaired) electrons. The summed E-state index contributed by atoms with van der Waals surface area (Å²) >= 11 is 0. The van der Waals surface area contributed by atoms with Crippen molar-refractivity contribution in [3.63, 3.8) is 0 Å². The molecule has 0 spiro atoms. The van der Waals surface area contributed by atoms with Gasteiger partial charge in [-0.1, -0.05) is 183 Å². The molecule has 0 aromatic heterocycles. The highest BCUT2D eigenvalue weighted by Crippen LogP contribution is 2.07. The molecule has 5 aromatic carbocycles. The van der Waals surface area contributed by atoms with E-state index >= 15 is 0 Å². The molecular formula is C39H42O2. The van der Waals surface area contributed by atoms with Gasteiger partial charge in [0.15, 0.2) is 5.78 Å². The smallest absolute Gasteiger partial charge is 0.159 e. The first-order chi connectivity index (χ1) is 20.0. The average molecular weight is 543 g/mol. The van der Waals surface area contributed by atoms with Crippen molar-refractivity contribution in [1.82, 2.24) is 0 Å². The third-order valence-electron chi connectivity index (χ3n) is 5.40. The average Bonchev–Trinajstić information content (AvgIpc) is 3.04. The lowest BCUT2D eigenvalue weighted by atomic mass is 10.1. The van der Waals surface area contributed by atoms with Crippen LogP contribution in [-0.2, 0) is 0 Å². The Morgan fingerprint density at radius 3 is 1.02 bits per heavy atom. The quantitative estimate of drug-likeness (QED) is 0.129. The molecule has 0 unspecified atom stereocenters. The van der Waals surface area contributed by atoms with E-state index in [9.17, 15) is 9.59 Å². The Morgan fingerprint density at radius 2 is 0.780 bits per heavy atom. The Kier molecular flexibility index (Phi) is 18.4. The highest BCUT2D eigenvalue weighted by molar-refractivity contribution is 5.94. The molecule has 0 fully saturated rings. The highest BCUT2D eigenvalue weighted by atomic mass is 16.1. The number of carbonyl (C=O) groups is 2. The third kappa shape index (κ3) is 16.7. The van der Waals surface area contributed by atoms with Gasteiger partial charge in [0.1, 0.15) is 6.29 Å². The number of ketones is 1. The molecule has 0 saturated heterocycles. The van der Waals surface area contributed by atoms with Gasteiger partial charge in [-0.3, -0.25) is 9.59 Å². The van der Waals surface area contributed by atoms with Gasteiger partial charge in [0.25, 0.3) is 0 Å². The topological polar surface area (TPSA) is 34.1 Å². The van der Waals surface area contributed by atoms with E-state index in [0.717, 1.165) is 6.29 Å². The van der Waals surface area contributed by atoms with Crippen LogP contribution in [0.2, 0.25) is 0 Å². The van der Waals surface area contributed by atoms with Gasteiger partial charge in [0.2, 0.25) is 0 Å². The van der Waals surface area contributed by atoms with E-state index in [1.807, 2.05) is 86.6 Å². The van der Waals surface area contributed by atoms with Crippen LogP contribution in [0, 0.1) is 13.8 Å². The van der Waals surface area contributed by atoms with Gasteiger partial charge >= 0.3 is 0 Å². The molecule has 0 aliphatic heterocycles. The molecule has 0 amide bonds. The first-order valence-electron chi connectivity index (χ1n) is 13.9. The standard InChI is InChI=1S/C14H12.C9H8O2.2C7H8.C2H6/c1-3-7-13(8-4-1)11-12-14-9-5-2-6-10-14;1-7(11)9-4-2-8(6-10)3-5-9;2*1-7-5-3-2-4-6-7;1-2/h1-12H;2-6H,1H3;2*2-6H,1H3;1-2H3. The molecule has 5 rings (SSSR count). The predicted molar refractivity (Wildman–Crippen MR) is 177 cm³/mol. The van der Waals surface area contributed by atoms with Crippen LogP contribution >= 0.6 is 0 Å². The van der Waals surface area contributed by atoms with E-state index in [2.05, 4.69) is 74.5 Å². The molecule has 0 heterocycles. The lowest BCUT2D eigenvalue weighted by Crippen LogP contribution is -1.91. The minimum absolute atomic E-state index is 0.0162. The second-order valence-electron chi connectivity index (χ2n) is 8.76. The zero-order valence-electron chi connectivity index (χ0n) is 24.9. The first kappa shape index (κ1) is 34.2. The third-order valence-corrected chi connectivity index (χ3v) is 5.40. The maximum atomic E-state index is 10.8. The van der Waals surface area contributed by atoms with Crippen LogP contribution in [0.15, 0.2) is 146 Å². The first-order valence-corrected chi connectivity index (χ1v) is 13.9. The lowest BCUT2D eigenvalue weighted by molar-refractivity contribution is 0.101. The summed E-state index contributed by atoms with van der Waals surface area (Å²) in [5, 5.41) is 0. The van der Waals surface area contributed by atoms with Gasteiger partial charge < -0.3 is 0 Å². The zero-order chi connectivity index (χ0) is 30.1. The van der Waals surface area contributed by atoms with Crippen molar-refractivity contribution in [1.29, 1.82) is 0 Å². The molecule has 0 aliphatic rings. The Morgan fingerprint density at radius 1 is 0.463 bits per heavy atom. The van der Waals surface area contributed by atoms with Gasteiger partial charge in [0, 0.05) is 11.1 Å². The summed E-state index contributed by atoms with van der Waals surface area (Å²) in [5.74, 6) is 0.0162. The van der Waals surface area contributed by atoms with Crippen molar-refractivity contribution in [3.05, 3.63) is 179 Å². The second-order valence-corrected chi connectivity index (χ2v) is 8.76. The SMILES string of the molecule is C(=Cc1ccccc1)c1ccccc1.CC.CC(=O)c1ccc(C=O)cc1.Cc1ccccc1.Cc1ccccc1. The van der Waals surface area contributed by atoms with Crippen molar-refractivity contribution >= 4 is 24.2 Å². The molecule has 2 nitrogen and oxygen atoms in total. The van der Waals surface area contributed by atoms with E-state index in [0.29, 0.717) is 11.1 Å². The monoisotopic (exact) mass is 542 g/mol. The normalized spacial score (nSPS) is 9.20. The van der Waals surface area contributed by atoms with Crippen molar-refractivity contribution in [3.8, 4) is 0 Å². The fraction of sp³-hybridized carbons (Fsp3) is 0.128. The fourth-order valence-corrected chi connectivity index (χ4v) is 3.19. The van der Waals surface area contributed by atoms with Crippen LogP contribution in [0.4, 0.5) is 0 Å².